The molecule has 2 aromatic carbocycles. The summed E-state index contributed by atoms with van der Waals surface area (Å²) in [6.45, 7) is 4.16. The first-order chi connectivity index (χ1) is 8.58. The van der Waals surface area contributed by atoms with Crippen LogP contribution in [0.4, 0.5) is 0 Å². The lowest BCUT2D eigenvalue weighted by atomic mass is 10.0. The second-order valence-electron chi connectivity index (χ2n) is 4.64. The summed E-state index contributed by atoms with van der Waals surface area (Å²) in [6.07, 6.45) is 0.949. The molecule has 0 saturated carbocycles. The van der Waals surface area contributed by atoms with Crippen molar-refractivity contribution in [2.24, 2.45) is 0 Å². The van der Waals surface area contributed by atoms with Gasteiger partial charge in [-0.3, -0.25) is 0 Å². The summed E-state index contributed by atoms with van der Waals surface area (Å²) in [5.74, 6) is 0. The van der Waals surface area contributed by atoms with E-state index in [1.807, 2.05) is 13.0 Å². The van der Waals surface area contributed by atoms with Gasteiger partial charge in [-0.15, -0.1) is 0 Å². The highest BCUT2D eigenvalue weighted by molar-refractivity contribution is 9.09. The minimum atomic E-state index is 0.256. The zero-order chi connectivity index (χ0) is 13.1. The normalized spacial score (nSPS) is 12.4. The monoisotopic (exact) mass is 322 g/mol. The molecule has 0 aliphatic rings. The molecule has 0 aliphatic heterocycles. The Balaban J connectivity index is 2.22. The van der Waals surface area contributed by atoms with Crippen molar-refractivity contribution < 1.29 is 0 Å². The fraction of sp³-hybridized carbons (Fsp3) is 0.250. The van der Waals surface area contributed by atoms with Crippen LogP contribution in [0.1, 0.15) is 27.1 Å². The molecule has 0 nitrogen and oxygen atoms in total. The third-order valence-electron chi connectivity index (χ3n) is 3.06. The van der Waals surface area contributed by atoms with Crippen LogP contribution in [0.2, 0.25) is 5.02 Å². The van der Waals surface area contributed by atoms with Crippen molar-refractivity contribution in [1.29, 1.82) is 0 Å². The van der Waals surface area contributed by atoms with Gasteiger partial charge in [0.25, 0.3) is 0 Å². The Morgan fingerprint density at radius 1 is 1.11 bits per heavy atom. The van der Waals surface area contributed by atoms with Crippen molar-refractivity contribution >= 4 is 27.5 Å². The van der Waals surface area contributed by atoms with Gasteiger partial charge in [-0.25, -0.2) is 0 Å². The molecule has 2 aromatic rings. The van der Waals surface area contributed by atoms with Gasteiger partial charge in [-0.1, -0.05) is 75.6 Å². The van der Waals surface area contributed by atoms with Crippen molar-refractivity contribution in [3.63, 3.8) is 0 Å². The molecule has 18 heavy (non-hydrogen) atoms. The van der Waals surface area contributed by atoms with Gasteiger partial charge in [0.1, 0.15) is 0 Å². The number of rotatable bonds is 3. The predicted molar refractivity (Wildman–Crippen MR) is 82.7 cm³/mol. The van der Waals surface area contributed by atoms with Gasteiger partial charge in [0.2, 0.25) is 0 Å². The molecule has 0 N–H and O–H groups in total. The van der Waals surface area contributed by atoms with Crippen molar-refractivity contribution in [3.8, 4) is 0 Å². The SMILES string of the molecule is Cc1cccc(CC(Br)c2cccc(C)c2Cl)c1. The van der Waals surface area contributed by atoms with Crippen molar-refractivity contribution in [1.82, 2.24) is 0 Å². The maximum atomic E-state index is 6.36. The molecular formula is C16H16BrCl. The summed E-state index contributed by atoms with van der Waals surface area (Å²) >= 11 is 10.1. The minimum absolute atomic E-state index is 0.256. The second kappa shape index (κ2) is 5.90. The molecule has 0 radical (unpaired) electrons. The maximum Gasteiger partial charge on any atom is 0.0478 e. The number of aryl methyl sites for hydroxylation is 2. The van der Waals surface area contributed by atoms with Crippen LogP contribution in [0.25, 0.3) is 0 Å². The van der Waals surface area contributed by atoms with Crippen molar-refractivity contribution in [2.45, 2.75) is 25.1 Å². The number of alkyl halides is 1. The molecule has 0 fully saturated rings. The average Bonchev–Trinajstić information content (AvgIpc) is 2.32. The summed E-state index contributed by atoms with van der Waals surface area (Å²) in [6, 6.07) is 14.8. The van der Waals surface area contributed by atoms with Gasteiger partial charge in [0, 0.05) is 9.85 Å². The van der Waals surface area contributed by atoms with Crippen molar-refractivity contribution in [3.05, 3.63) is 69.7 Å². The third-order valence-corrected chi connectivity index (χ3v) is 4.39. The average molecular weight is 324 g/mol. The van der Waals surface area contributed by atoms with Crippen LogP contribution in [0.5, 0.6) is 0 Å². The first kappa shape index (κ1) is 13.6. The van der Waals surface area contributed by atoms with Crippen LogP contribution >= 0.6 is 27.5 Å². The van der Waals surface area contributed by atoms with Gasteiger partial charge < -0.3 is 0 Å². The molecule has 0 spiro atoms. The largest absolute Gasteiger partial charge is 0.0837 e. The van der Waals surface area contributed by atoms with E-state index in [1.165, 1.54) is 11.1 Å². The molecule has 1 unspecified atom stereocenters. The topological polar surface area (TPSA) is 0 Å². The third kappa shape index (κ3) is 3.15. The van der Waals surface area contributed by atoms with Crippen LogP contribution in [-0.2, 0) is 6.42 Å². The summed E-state index contributed by atoms with van der Waals surface area (Å²) in [5.41, 5.74) is 4.91. The van der Waals surface area contributed by atoms with Crippen LogP contribution in [0.15, 0.2) is 42.5 Å². The van der Waals surface area contributed by atoms with Gasteiger partial charge in [-0.2, -0.15) is 0 Å². The standard InChI is InChI=1S/C16H16BrCl/c1-11-5-3-7-13(9-11)10-15(17)14-8-4-6-12(2)16(14)18/h3-9,15H,10H2,1-2H3. The molecule has 0 saturated heterocycles. The smallest absolute Gasteiger partial charge is 0.0478 e. The lowest BCUT2D eigenvalue weighted by Gasteiger charge is -2.14. The van der Waals surface area contributed by atoms with Gasteiger partial charge >= 0.3 is 0 Å². The number of benzene rings is 2. The molecule has 2 rings (SSSR count). The van der Waals surface area contributed by atoms with Gasteiger partial charge in [-0.05, 0) is 37.0 Å². The molecule has 2 heteroatoms. The van der Waals surface area contributed by atoms with E-state index in [0.29, 0.717) is 0 Å². The summed E-state index contributed by atoms with van der Waals surface area (Å²) in [4.78, 5) is 0.256. The van der Waals surface area contributed by atoms with E-state index in [2.05, 4.69) is 59.3 Å². The highest BCUT2D eigenvalue weighted by Gasteiger charge is 2.13. The van der Waals surface area contributed by atoms with E-state index >= 15 is 0 Å². The van der Waals surface area contributed by atoms with Crippen LogP contribution in [0, 0.1) is 13.8 Å². The van der Waals surface area contributed by atoms with Gasteiger partial charge in [0.05, 0.1) is 0 Å². The Kier molecular flexibility index (Phi) is 4.47. The van der Waals surface area contributed by atoms with Gasteiger partial charge in [0.15, 0.2) is 0 Å². The van der Waals surface area contributed by atoms with E-state index < -0.39 is 0 Å². The molecule has 94 valence electrons. The number of hydrogen-bond donors (Lipinski definition) is 0. The van der Waals surface area contributed by atoms with Crippen LogP contribution < -0.4 is 0 Å². The fourth-order valence-electron chi connectivity index (χ4n) is 2.07. The predicted octanol–water partition coefficient (Wildman–Crippen LogP) is 5.64. The van der Waals surface area contributed by atoms with E-state index in [0.717, 1.165) is 22.6 Å². The number of halogens is 2. The Morgan fingerprint density at radius 3 is 2.56 bits per heavy atom. The van der Waals surface area contributed by atoms with Crippen LogP contribution in [0.3, 0.4) is 0 Å². The van der Waals surface area contributed by atoms with E-state index in [9.17, 15) is 0 Å². The zero-order valence-electron chi connectivity index (χ0n) is 10.6. The Morgan fingerprint density at radius 2 is 1.83 bits per heavy atom. The molecule has 0 aliphatic carbocycles. The molecule has 1 atom stereocenters. The summed E-state index contributed by atoms with van der Waals surface area (Å²) in [5, 5.41) is 0.868. The molecular weight excluding hydrogens is 308 g/mol. The molecule has 0 aromatic heterocycles. The minimum Gasteiger partial charge on any atom is -0.0837 e. The Hall–Kier alpha value is -0.790. The Labute approximate surface area is 122 Å². The first-order valence-electron chi connectivity index (χ1n) is 6.02. The van der Waals surface area contributed by atoms with E-state index in [1.54, 1.807) is 0 Å². The quantitative estimate of drug-likeness (QED) is 0.642. The molecule has 0 bridgehead atoms. The first-order valence-corrected chi connectivity index (χ1v) is 7.32. The number of hydrogen-bond acceptors (Lipinski definition) is 0. The highest BCUT2D eigenvalue weighted by Crippen LogP contribution is 2.33. The van der Waals surface area contributed by atoms with E-state index in [4.69, 9.17) is 11.6 Å². The maximum absolute atomic E-state index is 6.36. The van der Waals surface area contributed by atoms with E-state index in [-0.39, 0.29) is 4.83 Å². The second-order valence-corrected chi connectivity index (χ2v) is 6.12. The van der Waals surface area contributed by atoms with Crippen molar-refractivity contribution in [2.75, 3.05) is 0 Å². The fourth-order valence-corrected chi connectivity index (χ4v) is 3.21. The van der Waals surface area contributed by atoms with Crippen LogP contribution in [-0.4, -0.2) is 0 Å². The molecule has 0 amide bonds. The highest BCUT2D eigenvalue weighted by atomic mass is 79.9. The molecule has 0 heterocycles. The lowest BCUT2D eigenvalue weighted by molar-refractivity contribution is 0.945. The summed E-state index contributed by atoms with van der Waals surface area (Å²) in [7, 11) is 0. The Bertz CT molecular complexity index is 549. The summed E-state index contributed by atoms with van der Waals surface area (Å²) < 4.78 is 0. The zero-order valence-corrected chi connectivity index (χ0v) is 12.9. The lowest BCUT2D eigenvalue weighted by Crippen LogP contribution is -1.97.